The van der Waals surface area contributed by atoms with Gasteiger partial charge in [0, 0.05) is 24.0 Å². The van der Waals surface area contributed by atoms with Crippen LogP contribution in [0.25, 0.3) is 22.8 Å². The average molecular weight is 577 g/mol. The van der Waals surface area contributed by atoms with Gasteiger partial charge in [0.1, 0.15) is 18.4 Å². The molecular formula is C29H23F3N6O2S. The summed E-state index contributed by atoms with van der Waals surface area (Å²) in [7, 11) is 0. The Morgan fingerprint density at radius 2 is 1.80 bits per heavy atom. The molecule has 12 heteroatoms. The van der Waals surface area contributed by atoms with Gasteiger partial charge in [-0.1, -0.05) is 36.0 Å². The van der Waals surface area contributed by atoms with E-state index in [0.29, 0.717) is 23.2 Å². The van der Waals surface area contributed by atoms with Crippen LogP contribution >= 0.6 is 11.8 Å². The van der Waals surface area contributed by atoms with Crippen molar-refractivity contribution in [1.82, 2.24) is 14.5 Å². The van der Waals surface area contributed by atoms with Crippen molar-refractivity contribution in [2.24, 2.45) is 10.2 Å². The number of para-hydroxylation sites is 1. The first kappa shape index (κ1) is 26.6. The number of thioether (sulfide) groups is 1. The highest BCUT2D eigenvalue weighted by atomic mass is 32.2. The van der Waals surface area contributed by atoms with Gasteiger partial charge >= 0.3 is 6.36 Å². The lowest BCUT2D eigenvalue weighted by molar-refractivity contribution is -0.274. The molecule has 2 aliphatic rings. The van der Waals surface area contributed by atoms with Crippen LogP contribution in [0.15, 0.2) is 77.3 Å². The summed E-state index contributed by atoms with van der Waals surface area (Å²) >= 11 is 1.36. The highest BCUT2D eigenvalue weighted by Gasteiger charge is 2.32. The van der Waals surface area contributed by atoms with E-state index in [4.69, 9.17) is 0 Å². The standard InChI is InChI=1S/C29H23F3N6O2S/c1-18-4-3-5-19(2)27(18)38-25(39)15-41-28(38)35-34-17-36-13-12-23-20(14-36)6-11-24-26(23)33-16-37(24)21-7-9-22(10-8-21)40-29(30,31)32/h3-13,16-17H,14-15H2,1-2H3/b34-17+,35-28-. The quantitative estimate of drug-likeness (QED) is 0.156. The first-order valence-corrected chi connectivity index (χ1v) is 13.6. The number of hydrogen-bond acceptors (Lipinski definition) is 6. The molecule has 6 rings (SSSR count). The van der Waals surface area contributed by atoms with Crippen molar-refractivity contribution in [1.29, 1.82) is 0 Å². The van der Waals surface area contributed by atoms with Crippen molar-refractivity contribution < 1.29 is 22.7 Å². The molecule has 41 heavy (non-hydrogen) atoms. The maximum Gasteiger partial charge on any atom is 0.573 e. The van der Waals surface area contributed by atoms with Gasteiger partial charge in [0.2, 0.25) is 5.91 Å². The van der Waals surface area contributed by atoms with Gasteiger partial charge in [0.25, 0.3) is 0 Å². The van der Waals surface area contributed by atoms with E-state index < -0.39 is 6.36 Å². The molecule has 1 fully saturated rings. The molecule has 0 saturated carbocycles. The van der Waals surface area contributed by atoms with E-state index in [1.807, 2.05) is 65.9 Å². The number of imidazole rings is 1. The molecule has 1 amide bonds. The van der Waals surface area contributed by atoms with E-state index in [0.717, 1.165) is 39.0 Å². The third-order valence-corrected chi connectivity index (χ3v) is 7.67. The molecule has 0 N–H and O–H groups in total. The maximum atomic E-state index is 12.7. The summed E-state index contributed by atoms with van der Waals surface area (Å²) < 4.78 is 43.3. The molecule has 0 unspecified atom stereocenters. The van der Waals surface area contributed by atoms with Crippen LogP contribution in [0.1, 0.15) is 22.3 Å². The molecule has 1 saturated heterocycles. The number of halogens is 3. The lowest BCUT2D eigenvalue weighted by Crippen LogP contribution is -2.30. The molecule has 4 aromatic rings. The first-order chi connectivity index (χ1) is 19.7. The van der Waals surface area contributed by atoms with E-state index in [9.17, 15) is 18.0 Å². The first-order valence-electron chi connectivity index (χ1n) is 12.6. The van der Waals surface area contributed by atoms with Crippen molar-refractivity contribution in [2.45, 2.75) is 26.8 Å². The predicted octanol–water partition coefficient (Wildman–Crippen LogP) is 6.41. The average Bonchev–Trinajstić information content (AvgIpc) is 3.52. The summed E-state index contributed by atoms with van der Waals surface area (Å²) in [6.45, 7) is 4.48. The second-order valence-electron chi connectivity index (χ2n) is 9.52. The summed E-state index contributed by atoms with van der Waals surface area (Å²) in [4.78, 5) is 20.8. The van der Waals surface area contributed by atoms with Gasteiger partial charge in [0.05, 0.1) is 22.5 Å². The smallest absolute Gasteiger partial charge is 0.406 e. The molecule has 3 aromatic carbocycles. The van der Waals surface area contributed by atoms with Gasteiger partial charge in [-0.2, -0.15) is 0 Å². The van der Waals surface area contributed by atoms with Gasteiger partial charge in [-0.3, -0.25) is 14.3 Å². The largest absolute Gasteiger partial charge is 0.573 e. The molecule has 0 bridgehead atoms. The fourth-order valence-electron chi connectivity index (χ4n) is 4.94. The number of benzene rings is 3. The van der Waals surface area contributed by atoms with Gasteiger partial charge in [0.15, 0.2) is 5.17 Å². The minimum atomic E-state index is -4.74. The number of nitrogens with zero attached hydrogens (tertiary/aromatic N) is 6. The minimum Gasteiger partial charge on any atom is -0.406 e. The molecule has 208 valence electrons. The number of aryl methyl sites for hydroxylation is 2. The molecule has 0 radical (unpaired) electrons. The number of rotatable bonds is 5. The zero-order valence-corrected chi connectivity index (χ0v) is 22.8. The van der Waals surface area contributed by atoms with Gasteiger partial charge in [-0.05, 0) is 66.9 Å². The third-order valence-electron chi connectivity index (χ3n) is 6.75. The number of aromatic nitrogens is 2. The summed E-state index contributed by atoms with van der Waals surface area (Å²) in [6.07, 6.45) is 2.34. The summed E-state index contributed by atoms with van der Waals surface area (Å²) in [5.74, 6) is 0.00365. The van der Waals surface area contributed by atoms with Crippen LogP contribution in [-0.2, 0) is 11.3 Å². The van der Waals surface area contributed by atoms with Crippen LogP contribution in [0.5, 0.6) is 5.75 Å². The number of ether oxygens (including phenoxy) is 1. The molecular weight excluding hydrogens is 553 g/mol. The summed E-state index contributed by atoms with van der Waals surface area (Å²) in [5.41, 5.74) is 7.07. The topological polar surface area (TPSA) is 75.3 Å². The Morgan fingerprint density at radius 3 is 2.54 bits per heavy atom. The number of anilines is 1. The van der Waals surface area contributed by atoms with E-state index >= 15 is 0 Å². The molecule has 0 atom stereocenters. The van der Waals surface area contributed by atoms with Crippen molar-refractivity contribution in [2.75, 3.05) is 10.7 Å². The molecule has 0 aliphatic carbocycles. The van der Waals surface area contributed by atoms with Crippen LogP contribution in [0, 0.1) is 13.8 Å². The van der Waals surface area contributed by atoms with Crippen molar-refractivity contribution in [3.05, 3.63) is 89.4 Å². The molecule has 3 heterocycles. The summed E-state index contributed by atoms with van der Waals surface area (Å²) in [5, 5.41) is 9.18. The van der Waals surface area contributed by atoms with Crippen molar-refractivity contribution >= 4 is 52.0 Å². The van der Waals surface area contributed by atoms with Crippen LogP contribution in [0.2, 0.25) is 0 Å². The number of amides is 1. The van der Waals surface area contributed by atoms with Gasteiger partial charge in [-0.25, -0.2) is 4.98 Å². The minimum absolute atomic E-state index is 0.0258. The zero-order chi connectivity index (χ0) is 28.7. The predicted molar refractivity (Wildman–Crippen MR) is 154 cm³/mol. The highest BCUT2D eigenvalue weighted by Crippen LogP contribution is 2.33. The van der Waals surface area contributed by atoms with E-state index in [1.54, 1.807) is 29.7 Å². The van der Waals surface area contributed by atoms with Crippen molar-refractivity contribution in [3.8, 4) is 11.4 Å². The number of carbonyl (C=O) groups excluding carboxylic acids is 1. The SMILES string of the molecule is Cc1cccc(C)c1N1C(=O)CS/C1=N\N=C\N1C=Cc2c(ccc3c2ncn3-c2ccc(OC(F)(F)F)cc2)C1. The fourth-order valence-corrected chi connectivity index (χ4v) is 5.75. The number of hydrogen-bond donors (Lipinski definition) is 0. The van der Waals surface area contributed by atoms with E-state index in [2.05, 4.69) is 19.9 Å². The number of alkyl halides is 3. The van der Waals surface area contributed by atoms with E-state index in [1.165, 1.54) is 23.9 Å². The van der Waals surface area contributed by atoms with Gasteiger partial charge < -0.3 is 9.64 Å². The Labute approximate surface area is 237 Å². The Morgan fingerprint density at radius 1 is 1.05 bits per heavy atom. The van der Waals surface area contributed by atoms with Crippen LogP contribution < -0.4 is 9.64 Å². The molecule has 8 nitrogen and oxygen atoms in total. The Bertz CT molecular complexity index is 1720. The zero-order valence-electron chi connectivity index (χ0n) is 22.0. The molecule has 1 aromatic heterocycles. The molecule has 2 aliphatic heterocycles. The number of carbonyl (C=O) groups is 1. The normalized spacial score (nSPS) is 16.4. The Balaban J connectivity index is 1.20. The maximum absolute atomic E-state index is 12.7. The fraction of sp³-hybridized carbons (Fsp3) is 0.172. The van der Waals surface area contributed by atoms with Crippen LogP contribution in [0.4, 0.5) is 18.9 Å². The lowest BCUT2D eigenvalue weighted by atomic mass is 10.0. The van der Waals surface area contributed by atoms with E-state index in [-0.39, 0.29) is 11.7 Å². The number of amidine groups is 1. The lowest BCUT2D eigenvalue weighted by Gasteiger charge is -2.21. The Hall–Kier alpha value is -4.58. The summed E-state index contributed by atoms with van der Waals surface area (Å²) in [6, 6.07) is 15.5. The third kappa shape index (κ3) is 5.30. The number of fused-ring (bicyclic) bond motifs is 3. The van der Waals surface area contributed by atoms with Crippen molar-refractivity contribution in [3.63, 3.8) is 0 Å². The second-order valence-corrected chi connectivity index (χ2v) is 10.5. The van der Waals surface area contributed by atoms with Crippen LogP contribution in [0.3, 0.4) is 0 Å². The second kappa shape index (κ2) is 10.4. The van der Waals surface area contributed by atoms with Gasteiger partial charge in [-0.15, -0.1) is 23.4 Å². The Kier molecular flexibility index (Phi) is 6.78. The van der Waals surface area contributed by atoms with Crippen LogP contribution in [-0.4, -0.2) is 44.0 Å². The molecule has 0 spiro atoms. The highest BCUT2D eigenvalue weighted by molar-refractivity contribution is 8.15. The monoisotopic (exact) mass is 576 g/mol.